The third-order valence-corrected chi connectivity index (χ3v) is 5.61. The molecule has 0 aromatic rings. The molecule has 2 amide bonds. The largest absolute Gasteiger partial charge is 0.481 e. The maximum Gasteiger partial charge on any atom is 0.315 e. The van der Waals surface area contributed by atoms with Crippen molar-refractivity contribution in [1.82, 2.24) is 10.6 Å². The van der Waals surface area contributed by atoms with E-state index >= 15 is 0 Å². The number of carboxylic acids is 1. The number of hydrogen-bond acceptors (Lipinski definition) is 2. The van der Waals surface area contributed by atoms with Gasteiger partial charge in [-0.3, -0.25) is 4.79 Å². The first-order valence-electron chi connectivity index (χ1n) is 8.27. The summed E-state index contributed by atoms with van der Waals surface area (Å²) in [7, 11) is 0. The molecule has 2 aliphatic carbocycles. The molecule has 120 valence electrons. The van der Waals surface area contributed by atoms with Crippen molar-refractivity contribution < 1.29 is 14.7 Å². The van der Waals surface area contributed by atoms with Crippen LogP contribution in [0.5, 0.6) is 0 Å². The molecule has 0 heterocycles. The first kappa shape index (κ1) is 16.1. The van der Waals surface area contributed by atoms with Gasteiger partial charge < -0.3 is 15.7 Å². The Hall–Kier alpha value is -1.26. The van der Waals surface area contributed by atoms with Crippen molar-refractivity contribution in [2.24, 2.45) is 23.7 Å². The average molecular weight is 296 g/mol. The summed E-state index contributed by atoms with van der Waals surface area (Å²) in [4.78, 5) is 23.6. The first-order chi connectivity index (χ1) is 9.97. The summed E-state index contributed by atoms with van der Waals surface area (Å²) in [5, 5.41) is 15.3. The van der Waals surface area contributed by atoms with Gasteiger partial charge in [-0.1, -0.05) is 26.7 Å². The van der Waals surface area contributed by atoms with Crippen molar-refractivity contribution in [2.45, 2.75) is 65.0 Å². The van der Waals surface area contributed by atoms with Gasteiger partial charge in [-0.05, 0) is 43.9 Å². The van der Waals surface area contributed by atoms with Crippen LogP contribution in [0.15, 0.2) is 0 Å². The molecule has 2 bridgehead atoms. The quantitative estimate of drug-likeness (QED) is 0.705. The number of amides is 2. The van der Waals surface area contributed by atoms with E-state index in [4.69, 9.17) is 0 Å². The Balaban J connectivity index is 1.91. The molecule has 2 rings (SSSR count). The lowest BCUT2D eigenvalue weighted by molar-refractivity contribution is -0.144. The summed E-state index contributed by atoms with van der Waals surface area (Å²) >= 11 is 0. The molecule has 2 saturated carbocycles. The molecular weight excluding hydrogens is 268 g/mol. The van der Waals surface area contributed by atoms with Crippen molar-refractivity contribution in [2.75, 3.05) is 0 Å². The summed E-state index contributed by atoms with van der Waals surface area (Å²) in [6.45, 7) is 6.27. The van der Waals surface area contributed by atoms with Gasteiger partial charge in [-0.25, -0.2) is 4.79 Å². The number of urea groups is 1. The monoisotopic (exact) mass is 296 g/mol. The highest BCUT2D eigenvalue weighted by molar-refractivity contribution is 5.77. The molecular formula is C16H28N2O3. The Morgan fingerprint density at radius 2 is 1.81 bits per heavy atom. The second-order valence-corrected chi connectivity index (χ2v) is 6.71. The van der Waals surface area contributed by atoms with E-state index in [9.17, 15) is 14.7 Å². The van der Waals surface area contributed by atoms with Crippen LogP contribution in [0, 0.1) is 23.7 Å². The van der Waals surface area contributed by atoms with Crippen molar-refractivity contribution >= 4 is 12.0 Å². The average Bonchev–Trinajstić information content (AvgIpc) is 3.00. The Labute approximate surface area is 126 Å². The molecule has 21 heavy (non-hydrogen) atoms. The van der Waals surface area contributed by atoms with Crippen molar-refractivity contribution in [1.29, 1.82) is 0 Å². The van der Waals surface area contributed by atoms with Crippen LogP contribution < -0.4 is 10.6 Å². The second kappa shape index (κ2) is 6.67. The van der Waals surface area contributed by atoms with Gasteiger partial charge in [0, 0.05) is 12.1 Å². The van der Waals surface area contributed by atoms with Crippen LogP contribution in [0.3, 0.4) is 0 Å². The number of carboxylic acid groups (broad SMARTS) is 1. The standard InChI is InChI=1S/C16H28N2O3/c1-4-10(5-2)9(3)17-16(21)18-14-12-7-6-11(8-12)13(14)15(19)20/h9-14H,4-8H2,1-3H3,(H,19,20)(H2,17,18,21). The third-order valence-electron chi connectivity index (χ3n) is 5.61. The topological polar surface area (TPSA) is 78.4 Å². The maximum atomic E-state index is 12.2. The van der Waals surface area contributed by atoms with Crippen LogP contribution in [0.25, 0.3) is 0 Å². The molecule has 5 atom stereocenters. The Kier molecular flexibility index (Phi) is 5.12. The van der Waals surface area contributed by atoms with Gasteiger partial charge in [0.15, 0.2) is 0 Å². The Bertz CT molecular complexity index is 395. The van der Waals surface area contributed by atoms with E-state index in [1.54, 1.807) is 0 Å². The minimum absolute atomic E-state index is 0.113. The molecule has 2 fully saturated rings. The summed E-state index contributed by atoms with van der Waals surface area (Å²) < 4.78 is 0. The molecule has 0 aliphatic heterocycles. The van der Waals surface area contributed by atoms with Gasteiger partial charge in [-0.2, -0.15) is 0 Å². The maximum absolute atomic E-state index is 12.2. The highest BCUT2D eigenvalue weighted by atomic mass is 16.4. The predicted octanol–water partition coefficient (Wildman–Crippen LogP) is 2.61. The molecule has 0 aromatic heterocycles. The minimum Gasteiger partial charge on any atom is -0.481 e. The van der Waals surface area contributed by atoms with Crippen molar-refractivity contribution in [3.63, 3.8) is 0 Å². The SMILES string of the molecule is CCC(CC)C(C)NC(=O)NC1C2CCC(C2)C1C(=O)O. The lowest BCUT2D eigenvalue weighted by Gasteiger charge is -2.30. The Morgan fingerprint density at radius 3 is 2.38 bits per heavy atom. The molecule has 0 aromatic carbocycles. The number of carbonyl (C=O) groups is 2. The van der Waals surface area contributed by atoms with Crippen LogP contribution in [0.1, 0.15) is 52.9 Å². The van der Waals surface area contributed by atoms with E-state index in [-0.39, 0.29) is 24.0 Å². The van der Waals surface area contributed by atoms with E-state index in [0.29, 0.717) is 11.8 Å². The normalized spacial score (nSPS) is 32.2. The Morgan fingerprint density at radius 1 is 1.19 bits per heavy atom. The fourth-order valence-corrected chi connectivity index (χ4v) is 4.37. The van der Waals surface area contributed by atoms with Crippen LogP contribution in [-0.2, 0) is 4.79 Å². The van der Waals surface area contributed by atoms with Gasteiger partial charge in [0.1, 0.15) is 0 Å². The number of carbonyl (C=O) groups excluding carboxylic acids is 1. The molecule has 5 nitrogen and oxygen atoms in total. The smallest absolute Gasteiger partial charge is 0.315 e. The van der Waals surface area contributed by atoms with Crippen molar-refractivity contribution in [3.05, 3.63) is 0 Å². The van der Waals surface area contributed by atoms with Gasteiger partial charge >= 0.3 is 12.0 Å². The molecule has 2 aliphatic rings. The van der Waals surface area contributed by atoms with Crippen molar-refractivity contribution in [3.8, 4) is 0 Å². The molecule has 5 unspecified atom stereocenters. The summed E-state index contributed by atoms with van der Waals surface area (Å²) in [6.07, 6.45) is 5.05. The summed E-state index contributed by atoms with van der Waals surface area (Å²) in [6, 6.07) is -0.296. The number of nitrogens with one attached hydrogen (secondary N) is 2. The molecule has 0 saturated heterocycles. The summed E-state index contributed by atoms with van der Waals surface area (Å²) in [5.41, 5.74) is 0. The van der Waals surface area contributed by atoms with E-state index in [0.717, 1.165) is 32.1 Å². The van der Waals surface area contributed by atoms with E-state index in [1.165, 1.54) is 0 Å². The predicted molar refractivity (Wildman–Crippen MR) is 80.9 cm³/mol. The minimum atomic E-state index is -0.763. The first-order valence-corrected chi connectivity index (χ1v) is 8.27. The highest BCUT2D eigenvalue weighted by Gasteiger charge is 2.51. The van der Waals surface area contributed by atoms with Crippen LogP contribution in [-0.4, -0.2) is 29.2 Å². The van der Waals surface area contributed by atoms with Gasteiger partial charge in [0.05, 0.1) is 5.92 Å². The third kappa shape index (κ3) is 3.33. The van der Waals surface area contributed by atoms with Gasteiger partial charge in [0.25, 0.3) is 0 Å². The zero-order chi connectivity index (χ0) is 15.6. The molecule has 5 heteroatoms. The zero-order valence-electron chi connectivity index (χ0n) is 13.3. The van der Waals surface area contributed by atoms with E-state index in [1.807, 2.05) is 6.92 Å². The summed E-state index contributed by atoms with van der Waals surface area (Å²) in [5.74, 6) is -0.121. The fourth-order valence-electron chi connectivity index (χ4n) is 4.37. The highest BCUT2D eigenvalue weighted by Crippen LogP contribution is 2.48. The van der Waals surface area contributed by atoms with Crippen LogP contribution >= 0.6 is 0 Å². The molecule has 0 radical (unpaired) electrons. The van der Waals surface area contributed by atoms with E-state index < -0.39 is 11.9 Å². The molecule has 3 N–H and O–H groups in total. The zero-order valence-corrected chi connectivity index (χ0v) is 13.3. The van der Waals surface area contributed by atoms with Crippen LogP contribution in [0.2, 0.25) is 0 Å². The lowest BCUT2D eigenvalue weighted by atomic mass is 9.84. The second-order valence-electron chi connectivity index (χ2n) is 6.71. The van der Waals surface area contributed by atoms with Crippen LogP contribution in [0.4, 0.5) is 4.79 Å². The number of fused-ring (bicyclic) bond motifs is 2. The van der Waals surface area contributed by atoms with Gasteiger partial charge in [-0.15, -0.1) is 0 Å². The number of rotatable bonds is 6. The van der Waals surface area contributed by atoms with E-state index in [2.05, 4.69) is 24.5 Å². The molecule has 0 spiro atoms. The van der Waals surface area contributed by atoms with Gasteiger partial charge in [0.2, 0.25) is 0 Å². The number of aliphatic carboxylic acids is 1. The number of hydrogen-bond donors (Lipinski definition) is 3. The lowest BCUT2D eigenvalue weighted by Crippen LogP contribution is -2.52. The fraction of sp³-hybridized carbons (Fsp3) is 0.875.